The molecule has 1 aliphatic rings. The summed E-state index contributed by atoms with van der Waals surface area (Å²) in [4.78, 5) is 0. The van der Waals surface area contributed by atoms with Crippen molar-refractivity contribution in [1.29, 1.82) is 0 Å². The Balaban J connectivity index is 2.67. The second kappa shape index (κ2) is 8.79. The second-order valence-corrected chi connectivity index (χ2v) is 5.99. The van der Waals surface area contributed by atoms with Gasteiger partial charge in [-0.15, -0.1) is 0 Å². The third-order valence-corrected chi connectivity index (χ3v) is 3.98. The Labute approximate surface area is 125 Å². The molecule has 0 spiro atoms. The molecular weight excluding hydrogens is 240 g/mol. The molecule has 0 saturated heterocycles. The first kappa shape index (κ1) is 16.8. The Hall–Kier alpha value is -1.30. The highest BCUT2D eigenvalue weighted by molar-refractivity contribution is 5.34. The van der Waals surface area contributed by atoms with Crippen molar-refractivity contribution in [3.05, 3.63) is 58.7 Å². The molecule has 0 heterocycles. The minimum Gasteiger partial charge on any atom is -0.0819 e. The van der Waals surface area contributed by atoms with Crippen LogP contribution in [0.4, 0.5) is 0 Å². The number of hydrogen-bond acceptors (Lipinski definition) is 0. The van der Waals surface area contributed by atoms with Crippen molar-refractivity contribution >= 4 is 0 Å². The summed E-state index contributed by atoms with van der Waals surface area (Å²) in [5, 5.41) is 0. The van der Waals surface area contributed by atoms with Crippen LogP contribution < -0.4 is 0 Å². The number of allylic oxidation sites excluding steroid dienone is 10. The van der Waals surface area contributed by atoms with Gasteiger partial charge in [-0.2, -0.15) is 0 Å². The highest BCUT2D eigenvalue weighted by atomic mass is 14.2. The van der Waals surface area contributed by atoms with Gasteiger partial charge in [-0.05, 0) is 57.9 Å². The molecule has 0 aromatic carbocycles. The van der Waals surface area contributed by atoms with Crippen LogP contribution in [-0.4, -0.2) is 0 Å². The third kappa shape index (κ3) is 5.77. The first-order valence-electron chi connectivity index (χ1n) is 7.94. The fraction of sp³-hybridized carbons (Fsp3) is 0.500. The molecule has 0 nitrogen and oxygen atoms in total. The lowest BCUT2D eigenvalue weighted by atomic mass is 9.84. The fourth-order valence-corrected chi connectivity index (χ4v) is 2.72. The molecule has 1 unspecified atom stereocenters. The second-order valence-electron chi connectivity index (χ2n) is 5.99. The van der Waals surface area contributed by atoms with Gasteiger partial charge in [0, 0.05) is 0 Å². The first-order valence-corrected chi connectivity index (χ1v) is 7.94. The van der Waals surface area contributed by atoms with Crippen LogP contribution >= 0.6 is 0 Å². The van der Waals surface area contributed by atoms with Crippen LogP contribution in [0, 0.1) is 5.92 Å². The molecule has 0 radical (unpaired) electrons. The molecule has 0 aromatic rings. The van der Waals surface area contributed by atoms with Gasteiger partial charge in [0.2, 0.25) is 0 Å². The lowest BCUT2D eigenvalue weighted by Crippen LogP contribution is -2.06. The van der Waals surface area contributed by atoms with E-state index < -0.39 is 0 Å². The van der Waals surface area contributed by atoms with Crippen molar-refractivity contribution in [1.82, 2.24) is 0 Å². The van der Waals surface area contributed by atoms with Crippen LogP contribution in [0.15, 0.2) is 58.7 Å². The summed E-state index contributed by atoms with van der Waals surface area (Å²) >= 11 is 0. The molecule has 0 bridgehead atoms. The Morgan fingerprint density at radius 2 is 1.95 bits per heavy atom. The largest absolute Gasteiger partial charge is 0.0819 e. The van der Waals surface area contributed by atoms with E-state index in [-0.39, 0.29) is 0 Å². The average Bonchev–Trinajstić information content (AvgIpc) is 2.38. The van der Waals surface area contributed by atoms with E-state index in [9.17, 15) is 0 Å². The van der Waals surface area contributed by atoms with Gasteiger partial charge in [-0.3, -0.25) is 0 Å². The van der Waals surface area contributed by atoms with Gasteiger partial charge >= 0.3 is 0 Å². The summed E-state index contributed by atoms with van der Waals surface area (Å²) in [7, 11) is 0. The Morgan fingerprint density at radius 3 is 2.60 bits per heavy atom. The van der Waals surface area contributed by atoms with Crippen molar-refractivity contribution in [3.63, 3.8) is 0 Å². The number of hydrogen-bond donors (Lipinski definition) is 0. The molecule has 110 valence electrons. The molecule has 20 heavy (non-hydrogen) atoms. The maximum absolute atomic E-state index is 2.35. The van der Waals surface area contributed by atoms with Crippen molar-refractivity contribution in [2.75, 3.05) is 0 Å². The fourth-order valence-electron chi connectivity index (χ4n) is 2.72. The van der Waals surface area contributed by atoms with E-state index in [0.29, 0.717) is 0 Å². The van der Waals surface area contributed by atoms with Crippen molar-refractivity contribution in [3.8, 4) is 0 Å². The summed E-state index contributed by atoms with van der Waals surface area (Å²) in [5.41, 5.74) is 5.77. The first-order chi connectivity index (χ1) is 9.54. The molecule has 1 atom stereocenters. The van der Waals surface area contributed by atoms with Gasteiger partial charge in [-0.25, -0.2) is 0 Å². The van der Waals surface area contributed by atoms with Crippen LogP contribution in [-0.2, 0) is 0 Å². The molecule has 0 aromatic heterocycles. The van der Waals surface area contributed by atoms with E-state index in [0.717, 1.165) is 12.3 Å². The van der Waals surface area contributed by atoms with E-state index >= 15 is 0 Å². The van der Waals surface area contributed by atoms with E-state index in [1.54, 1.807) is 11.1 Å². The monoisotopic (exact) mass is 270 g/mol. The highest BCUT2D eigenvalue weighted by Gasteiger charge is 2.14. The maximum atomic E-state index is 2.35. The lowest BCUT2D eigenvalue weighted by molar-refractivity contribution is 0.546. The summed E-state index contributed by atoms with van der Waals surface area (Å²) in [6.45, 7) is 11.1. The van der Waals surface area contributed by atoms with E-state index in [1.807, 2.05) is 0 Å². The summed E-state index contributed by atoms with van der Waals surface area (Å²) in [6, 6.07) is 0. The van der Waals surface area contributed by atoms with Crippen molar-refractivity contribution in [2.24, 2.45) is 5.92 Å². The smallest absolute Gasteiger partial charge is 0.0191 e. The minimum atomic E-state index is 0.720. The summed E-state index contributed by atoms with van der Waals surface area (Å²) in [6.07, 6.45) is 18.4. The normalized spacial score (nSPS) is 22.4. The highest BCUT2D eigenvalue weighted by Crippen LogP contribution is 2.30. The lowest BCUT2D eigenvalue weighted by Gasteiger charge is -2.22. The zero-order chi connectivity index (χ0) is 15.0. The Kier molecular flexibility index (Phi) is 7.36. The number of rotatable bonds is 5. The topological polar surface area (TPSA) is 0 Å². The maximum Gasteiger partial charge on any atom is -0.0191 e. The van der Waals surface area contributed by atoms with Crippen LogP contribution in [0.3, 0.4) is 0 Å². The molecular formula is C20H30. The van der Waals surface area contributed by atoms with Crippen LogP contribution in [0.25, 0.3) is 0 Å². The third-order valence-electron chi connectivity index (χ3n) is 3.98. The van der Waals surface area contributed by atoms with E-state index in [1.165, 1.54) is 30.4 Å². The minimum absolute atomic E-state index is 0.720. The zero-order valence-corrected chi connectivity index (χ0v) is 13.9. The SMILES string of the molecule is CC\C=C(C)/C=C/C=C(C)/C=C/C1=C(C)CCCC1C. The molecule has 0 fully saturated rings. The Bertz CT molecular complexity index is 452. The molecule has 0 heteroatoms. The van der Waals surface area contributed by atoms with Crippen LogP contribution in [0.2, 0.25) is 0 Å². The van der Waals surface area contributed by atoms with Gasteiger partial charge in [0.15, 0.2) is 0 Å². The summed E-state index contributed by atoms with van der Waals surface area (Å²) < 4.78 is 0. The predicted octanol–water partition coefficient (Wildman–Crippen LogP) is 6.54. The van der Waals surface area contributed by atoms with Crippen molar-refractivity contribution in [2.45, 2.75) is 60.3 Å². The quantitative estimate of drug-likeness (QED) is 0.498. The van der Waals surface area contributed by atoms with Crippen LogP contribution in [0.1, 0.15) is 60.3 Å². The Morgan fingerprint density at radius 1 is 1.20 bits per heavy atom. The molecule has 1 aliphatic carbocycles. The van der Waals surface area contributed by atoms with E-state index in [4.69, 9.17) is 0 Å². The summed E-state index contributed by atoms with van der Waals surface area (Å²) in [5.74, 6) is 0.720. The van der Waals surface area contributed by atoms with Crippen LogP contribution in [0.5, 0.6) is 0 Å². The standard InChI is InChI=1S/C20H30/c1-6-9-16(2)10-7-11-17(3)14-15-20-18(4)12-8-13-19(20)5/h7,9-11,14-15,18H,6,8,12-13H2,1-5H3/b10-7+,15-14+,16-9-,17-11+. The van der Waals surface area contributed by atoms with Gasteiger partial charge in [0.25, 0.3) is 0 Å². The average molecular weight is 270 g/mol. The molecule has 0 aliphatic heterocycles. The predicted molar refractivity (Wildman–Crippen MR) is 91.8 cm³/mol. The van der Waals surface area contributed by atoms with Gasteiger partial charge in [0.05, 0.1) is 0 Å². The van der Waals surface area contributed by atoms with Gasteiger partial charge in [0.1, 0.15) is 0 Å². The van der Waals surface area contributed by atoms with Gasteiger partial charge < -0.3 is 0 Å². The molecule has 0 N–H and O–H groups in total. The molecule has 1 rings (SSSR count). The molecule has 0 saturated carbocycles. The van der Waals surface area contributed by atoms with E-state index in [2.05, 4.69) is 71.1 Å². The molecule has 0 amide bonds. The van der Waals surface area contributed by atoms with Crippen molar-refractivity contribution < 1.29 is 0 Å². The van der Waals surface area contributed by atoms with Gasteiger partial charge in [-0.1, -0.05) is 67.0 Å². The zero-order valence-electron chi connectivity index (χ0n) is 13.9.